The number of carbonyl (C=O) groups is 1. The number of nitrogens with one attached hydrogen (secondary N) is 1. The topological polar surface area (TPSA) is 38.3 Å². The molecule has 0 saturated carbocycles. The summed E-state index contributed by atoms with van der Waals surface area (Å²) < 4.78 is 5.70. The van der Waals surface area contributed by atoms with Crippen LogP contribution in [0.4, 0.5) is 5.69 Å². The normalized spacial score (nSPS) is 10.6. The molecule has 2 aromatic rings. The lowest BCUT2D eigenvalue weighted by Crippen LogP contribution is -2.09. The monoisotopic (exact) mass is 295 g/mol. The van der Waals surface area contributed by atoms with Crippen molar-refractivity contribution in [2.24, 2.45) is 0 Å². The highest BCUT2D eigenvalue weighted by atomic mass is 16.5. The molecule has 1 amide bonds. The van der Waals surface area contributed by atoms with Crippen molar-refractivity contribution in [2.75, 3.05) is 11.9 Å². The van der Waals surface area contributed by atoms with Crippen LogP contribution in [0.3, 0.4) is 0 Å². The van der Waals surface area contributed by atoms with Crippen molar-refractivity contribution in [1.82, 2.24) is 0 Å². The fraction of sp³-hybridized carbons (Fsp3) is 0.211. The highest BCUT2D eigenvalue weighted by molar-refractivity contribution is 6.02. The summed E-state index contributed by atoms with van der Waals surface area (Å²) in [6.45, 7) is 2.77. The van der Waals surface area contributed by atoms with Gasteiger partial charge in [0.05, 0.1) is 12.3 Å². The fourth-order valence-corrected chi connectivity index (χ4v) is 1.93. The number of rotatable bonds is 7. The number of ether oxygens (including phenoxy) is 1. The Bertz CT molecular complexity index is 620. The van der Waals surface area contributed by atoms with Crippen molar-refractivity contribution in [2.45, 2.75) is 19.8 Å². The molecule has 0 atom stereocenters. The van der Waals surface area contributed by atoms with Crippen LogP contribution in [-0.4, -0.2) is 12.5 Å². The molecule has 2 rings (SSSR count). The molecule has 3 nitrogen and oxygen atoms in total. The van der Waals surface area contributed by atoms with Crippen LogP contribution in [0.25, 0.3) is 6.08 Å². The highest BCUT2D eigenvalue weighted by Crippen LogP contribution is 2.24. The zero-order valence-electron chi connectivity index (χ0n) is 12.8. The predicted molar refractivity (Wildman–Crippen MR) is 91.0 cm³/mol. The Morgan fingerprint density at radius 1 is 1.09 bits per heavy atom. The van der Waals surface area contributed by atoms with Crippen molar-refractivity contribution in [3.05, 3.63) is 66.2 Å². The van der Waals surface area contributed by atoms with Crippen molar-refractivity contribution in [3.8, 4) is 5.75 Å². The second-order valence-corrected chi connectivity index (χ2v) is 4.93. The quantitative estimate of drug-likeness (QED) is 0.602. The summed E-state index contributed by atoms with van der Waals surface area (Å²) in [7, 11) is 0. The first-order chi connectivity index (χ1) is 10.8. The molecule has 0 aliphatic heterocycles. The Hall–Kier alpha value is -2.55. The Kier molecular flexibility index (Phi) is 6.24. The van der Waals surface area contributed by atoms with Gasteiger partial charge in [-0.15, -0.1) is 0 Å². The van der Waals surface area contributed by atoms with E-state index in [0.29, 0.717) is 18.0 Å². The minimum absolute atomic E-state index is 0.171. The van der Waals surface area contributed by atoms with E-state index < -0.39 is 0 Å². The van der Waals surface area contributed by atoms with Gasteiger partial charge in [-0.1, -0.05) is 55.8 Å². The van der Waals surface area contributed by atoms with E-state index in [1.165, 1.54) is 6.08 Å². The van der Waals surface area contributed by atoms with E-state index in [-0.39, 0.29) is 5.91 Å². The van der Waals surface area contributed by atoms with Gasteiger partial charge in [0.1, 0.15) is 5.75 Å². The van der Waals surface area contributed by atoms with Crippen molar-refractivity contribution < 1.29 is 9.53 Å². The van der Waals surface area contributed by atoms with Gasteiger partial charge in [-0.2, -0.15) is 0 Å². The molecule has 0 spiro atoms. The van der Waals surface area contributed by atoms with Gasteiger partial charge in [0.15, 0.2) is 0 Å². The van der Waals surface area contributed by atoms with Gasteiger partial charge >= 0.3 is 0 Å². The zero-order chi connectivity index (χ0) is 15.6. The van der Waals surface area contributed by atoms with E-state index in [4.69, 9.17) is 4.74 Å². The molecule has 1 N–H and O–H groups in total. The first kappa shape index (κ1) is 15.8. The number of benzene rings is 2. The molecule has 0 radical (unpaired) electrons. The molecule has 0 aromatic heterocycles. The smallest absolute Gasteiger partial charge is 0.248 e. The summed E-state index contributed by atoms with van der Waals surface area (Å²) in [6, 6.07) is 17.2. The molecule has 0 unspecified atom stereocenters. The molecule has 0 heterocycles. The third kappa shape index (κ3) is 5.09. The van der Waals surface area contributed by atoms with E-state index in [9.17, 15) is 4.79 Å². The zero-order valence-corrected chi connectivity index (χ0v) is 12.8. The van der Waals surface area contributed by atoms with E-state index >= 15 is 0 Å². The van der Waals surface area contributed by atoms with Crippen molar-refractivity contribution >= 4 is 17.7 Å². The first-order valence-corrected chi connectivity index (χ1v) is 7.55. The molecule has 0 fully saturated rings. The summed E-state index contributed by atoms with van der Waals surface area (Å²) in [5, 5.41) is 2.86. The van der Waals surface area contributed by atoms with Gasteiger partial charge in [-0.3, -0.25) is 4.79 Å². The van der Waals surface area contributed by atoms with Gasteiger partial charge in [-0.25, -0.2) is 0 Å². The standard InChI is InChI=1S/C19H21NO2/c1-2-3-15-22-18-12-8-7-11-17(18)20-19(21)14-13-16-9-5-4-6-10-16/h4-14H,2-3,15H2,1H3,(H,20,21). The SMILES string of the molecule is CCCCOc1ccccc1NC(=O)C=Cc1ccccc1. The maximum Gasteiger partial charge on any atom is 0.248 e. The van der Waals surface area contributed by atoms with E-state index in [2.05, 4.69) is 12.2 Å². The lowest BCUT2D eigenvalue weighted by molar-refractivity contribution is -0.111. The molecule has 0 aliphatic rings. The van der Waals surface area contributed by atoms with Gasteiger partial charge in [0.2, 0.25) is 5.91 Å². The number of unbranched alkanes of at least 4 members (excludes halogenated alkanes) is 1. The van der Waals surface area contributed by atoms with Crippen molar-refractivity contribution in [3.63, 3.8) is 0 Å². The molecule has 2 aromatic carbocycles. The number of amides is 1. The summed E-state index contributed by atoms with van der Waals surface area (Å²) in [6.07, 6.45) is 5.39. The van der Waals surface area contributed by atoms with E-state index in [0.717, 1.165) is 18.4 Å². The Morgan fingerprint density at radius 2 is 1.82 bits per heavy atom. The lowest BCUT2D eigenvalue weighted by Gasteiger charge is -2.11. The molecule has 3 heteroatoms. The Balaban J connectivity index is 1.98. The van der Waals surface area contributed by atoms with Gasteiger partial charge in [-0.05, 0) is 30.2 Å². The molecule has 22 heavy (non-hydrogen) atoms. The van der Waals surface area contributed by atoms with Crippen LogP contribution in [0.1, 0.15) is 25.3 Å². The highest BCUT2D eigenvalue weighted by Gasteiger charge is 2.05. The Morgan fingerprint density at radius 3 is 2.59 bits per heavy atom. The second-order valence-electron chi connectivity index (χ2n) is 4.93. The maximum absolute atomic E-state index is 12.0. The number of para-hydroxylation sites is 2. The average Bonchev–Trinajstić information content (AvgIpc) is 2.56. The third-order valence-electron chi connectivity index (χ3n) is 3.13. The summed E-state index contributed by atoms with van der Waals surface area (Å²) in [5.74, 6) is 0.535. The number of hydrogen-bond acceptors (Lipinski definition) is 2. The fourth-order valence-electron chi connectivity index (χ4n) is 1.93. The molecule has 0 bridgehead atoms. The summed E-state index contributed by atoms with van der Waals surface area (Å²) in [4.78, 5) is 12.0. The molecule has 0 aliphatic carbocycles. The van der Waals surface area contributed by atoms with Gasteiger partial charge in [0.25, 0.3) is 0 Å². The van der Waals surface area contributed by atoms with Crippen LogP contribution < -0.4 is 10.1 Å². The third-order valence-corrected chi connectivity index (χ3v) is 3.13. The second kappa shape index (κ2) is 8.67. The van der Waals surface area contributed by atoms with Crippen molar-refractivity contribution in [1.29, 1.82) is 0 Å². The predicted octanol–water partition coefficient (Wildman–Crippen LogP) is 4.52. The van der Waals surface area contributed by atoms with Crippen LogP contribution in [0.2, 0.25) is 0 Å². The first-order valence-electron chi connectivity index (χ1n) is 7.55. The van der Waals surface area contributed by atoms with Gasteiger partial charge in [0, 0.05) is 6.08 Å². The number of hydrogen-bond donors (Lipinski definition) is 1. The summed E-state index contributed by atoms with van der Waals surface area (Å²) >= 11 is 0. The van der Waals surface area contributed by atoms with Crippen LogP contribution in [0.15, 0.2) is 60.7 Å². The number of carbonyl (C=O) groups excluding carboxylic acids is 1. The van der Waals surface area contributed by atoms with Crippen LogP contribution >= 0.6 is 0 Å². The lowest BCUT2D eigenvalue weighted by atomic mass is 10.2. The minimum Gasteiger partial charge on any atom is -0.491 e. The largest absolute Gasteiger partial charge is 0.491 e. The number of anilines is 1. The molecular weight excluding hydrogens is 274 g/mol. The summed E-state index contributed by atoms with van der Waals surface area (Å²) in [5.41, 5.74) is 1.69. The van der Waals surface area contributed by atoms with Crippen LogP contribution in [-0.2, 0) is 4.79 Å². The molecular formula is C19H21NO2. The van der Waals surface area contributed by atoms with Crippen LogP contribution in [0, 0.1) is 0 Å². The average molecular weight is 295 g/mol. The van der Waals surface area contributed by atoms with E-state index in [1.807, 2.05) is 54.6 Å². The molecule has 114 valence electrons. The Labute approximate surface area is 131 Å². The van der Waals surface area contributed by atoms with E-state index in [1.54, 1.807) is 6.08 Å². The van der Waals surface area contributed by atoms with Gasteiger partial charge < -0.3 is 10.1 Å². The van der Waals surface area contributed by atoms with Crippen LogP contribution in [0.5, 0.6) is 5.75 Å². The minimum atomic E-state index is -0.171. The molecule has 0 saturated heterocycles. The maximum atomic E-state index is 12.0.